The number of aliphatic carboxylic acids is 1. The maximum Gasteiger partial charge on any atom is 0.309 e. The topological polar surface area (TPSA) is 57.5 Å². The zero-order valence-corrected chi connectivity index (χ0v) is 15.5. The summed E-state index contributed by atoms with van der Waals surface area (Å²) in [5.41, 5.74) is -0.526. The van der Waals surface area contributed by atoms with Crippen LogP contribution in [0, 0.1) is 16.7 Å². The number of carbonyl (C=O) groups is 1. The third-order valence-electron chi connectivity index (χ3n) is 4.96. The fourth-order valence-corrected chi connectivity index (χ4v) is 2.78. The number of rotatable bonds is 13. The molecule has 0 rings (SSSR count). The summed E-state index contributed by atoms with van der Waals surface area (Å²) in [6, 6.07) is 0. The normalized spacial score (nSPS) is 14.1. The van der Waals surface area contributed by atoms with E-state index in [0.717, 1.165) is 31.6 Å². The predicted octanol–water partition coefficient (Wildman–Crippen LogP) is 5.26. The summed E-state index contributed by atoms with van der Waals surface area (Å²) in [5.74, 6) is 0.0798. The van der Waals surface area contributed by atoms with Crippen molar-refractivity contribution < 1.29 is 15.0 Å². The van der Waals surface area contributed by atoms with E-state index >= 15 is 0 Å². The van der Waals surface area contributed by atoms with Crippen molar-refractivity contribution in [2.24, 2.45) is 16.7 Å². The molecule has 0 amide bonds. The minimum atomic E-state index is -0.689. The lowest BCUT2D eigenvalue weighted by atomic mass is 9.84. The van der Waals surface area contributed by atoms with Crippen LogP contribution >= 0.6 is 0 Å². The van der Waals surface area contributed by atoms with E-state index in [1.54, 1.807) is 0 Å². The molecule has 0 bridgehead atoms. The fraction of sp³-hybridized carbons (Fsp3) is 0.947. The van der Waals surface area contributed by atoms with E-state index < -0.39 is 11.4 Å². The highest BCUT2D eigenvalue weighted by Crippen LogP contribution is 2.28. The van der Waals surface area contributed by atoms with Crippen molar-refractivity contribution in [3.05, 3.63) is 0 Å². The molecule has 0 saturated carbocycles. The first-order valence-electron chi connectivity index (χ1n) is 8.99. The maximum absolute atomic E-state index is 11.1. The minimum Gasteiger partial charge on any atom is -0.481 e. The molecule has 0 saturated heterocycles. The molecule has 0 radical (unpaired) electrons. The van der Waals surface area contributed by atoms with Crippen LogP contribution in [0.4, 0.5) is 0 Å². The lowest BCUT2D eigenvalue weighted by molar-refractivity contribution is -0.147. The monoisotopic (exact) mass is 314 g/mol. The number of aliphatic hydroxyl groups excluding tert-OH is 1. The second-order valence-corrected chi connectivity index (χ2v) is 8.28. The summed E-state index contributed by atoms with van der Waals surface area (Å²) in [7, 11) is 0. The van der Waals surface area contributed by atoms with Crippen molar-refractivity contribution in [3.8, 4) is 0 Å². The Morgan fingerprint density at radius 2 is 1.45 bits per heavy atom. The SMILES string of the molecule is CCC(CCCCC(C)(C)CO)CCCCC(C)(C)C(=O)O. The number of unbranched alkanes of at least 4 members (excludes halogenated alkanes) is 2. The van der Waals surface area contributed by atoms with Crippen LogP contribution in [0.1, 0.15) is 92.4 Å². The summed E-state index contributed by atoms with van der Waals surface area (Å²) >= 11 is 0. The summed E-state index contributed by atoms with van der Waals surface area (Å²) in [4.78, 5) is 11.1. The molecular formula is C19H38O3. The highest BCUT2D eigenvalue weighted by atomic mass is 16.4. The fourth-order valence-electron chi connectivity index (χ4n) is 2.78. The van der Waals surface area contributed by atoms with E-state index in [4.69, 9.17) is 5.11 Å². The first kappa shape index (κ1) is 21.4. The molecule has 0 aromatic carbocycles. The van der Waals surface area contributed by atoms with Gasteiger partial charge in [0, 0.05) is 6.61 Å². The Balaban J connectivity index is 3.83. The molecule has 1 atom stereocenters. The standard InChI is InChI=1S/C19H38O3/c1-6-16(11-7-9-13-18(2,3)15-20)12-8-10-14-19(4,5)17(21)22/h16,20H,6-15H2,1-5H3,(H,21,22). The number of hydrogen-bond acceptors (Lipinski definition) is 2. The van der Waals surface area contributed by atoms with Gasteiger partial charge in [-0.25, -0.2) is 0 Å². The van der Waals surface area contributed by atoms with Crippen molar-refractivity contribution >= 4 is 5.97 Å². The first-order valence-corrected chi connectivity index (χ1v) is 8.99. The van der Waals surface area contributed by atoms with Crippen LogP contribution in [0.2, 0.25) is 0 Å². The van der Waals surface area contributed by atoms with E-state index in [9.17, 15) is 9.90 Å². The number of hydrogen-bond donors (Lipinski definition) is 2. The maximum atomic E-state index is 11.1. The molecule has 3 heteroatoms. The Kier molecular flexibility index (Phi) is 9.99. The minimum absolute atomic E-state index is 0.0596. The van der Waals surface area contributed by atoms with Crippen molar-refractivity contribution in [3.63, 3.8) is 0 Å². The number of aliphatic hydroxyl groups is 1. The molecule has 0 aliphatic carbocycles. The Hall–Kier alpha value is -0.570. The van der Waals surface area contributed by atoms with Crippen molar-refractivity contribution in [2.45, 2.75) is 92.4 Å². The molecular weight excluding hydrogens is 276 g/mol. The highest BCUT2D eigenvalue weighted by Gasteiger charge is 2.26. The molecule has 0 heterocycles. The van der Waals surface area contributed by atoms with E-state index in [2.05, 4.69) is 20.8 Å². The largest absolute Gasteiger partial charge is 0.481 e. The van der Waals surface area contributed by atoms with Crippen LogP contribution in [-0.2, 0) is 4.79 Å². The predicted molar refractivity (Wildman–Crippen MR) is 93.0 cm³/mol. The zero-order valence-electron chi connectivity index (χ0n) is 15.5. The second kappa shape index (κ2) is 10.3. The Morgan fingerprint density at radius 3 is 1.86 bits per heavy atom. The average molecular weight is 315 g/mol. The van der Waals surface area contributed by atoms with Crippen molar-refractivity contribution in [2.75, 3.05) is 6.61 Å². The van der Waals surface area contributed by atoms with Gasteiger partial charge in [-0.2, -0.15) is 0 Å². The van der Waals surface area contributed by atoms with E-state index in [-0.39, 0.29) is 12.0 Å². The van der Waals surface area contributed by atoms with Gasteiger partial charge in [0.2, 0.25) is 0 Å². The van der Waals surface area contributed by atoms with Crippen molar-refractivity contribution in [1.82, 2.24) is 0 Å². The van der Waals surface area contributed by atoms with Crippen LogP contribution in [0.25, 0.3) is 0 Å². The Labute approximate surface area is 137 Å². The second-order valence-electron chi connectivity index (χ2n) is 8.28. The molecule has 0 aliphatic rings. The molecule has 0 aliphatic heterocycles. The van der Waals surface area contributed by atoms with Gasteiger partial charge >= 0.3 is 5.97 Å². The van der Waals surface area contributed by atoms with Crippen LogP contribution in [0.3, 0.4) is 0 Å². The van der Waals surface area contributed by atoms with Crippen LogP contribution in [0.15, 0.2) is 0 Å². The van der Waals surface area contributed by atoms with Gasteiger partial charge in [0.05, 0.1) is 5.41 Å². The molecule has 3 nitrogen and oxygen atoms in total. The van der Waals surface area contributed by atoms with Gasteiger partial charge in [0.15, 0.2) is 0 Å². The number of carboxylic acid groups (broad SMARTS) is 1. The van der Waals surface area contributed by atoms with Gasteiger partial charge in [-0.3, -0.25) is 4.79 Å². The van der Waals surface area contributed by atoms with Gasteiger partial charge in [-0.15, -0.1) is 0 Å². The highest BCUT2D eigenvalue weighted by molar-refractivity contribution is 5.73. The Bertz CT molecular complexity index is 308. The molecule has 22 heavy (non-hydrogen) atoms. The van der Waals surface area contributed by atoms with E-state index in [1.807, 2.05) is 13.8 Å². The molecule has 1 unspecified atom stereocenters. The smallest absolute Gasteiger partial charge is 0.309 e. The van der Waals surface area contributed by atoms with Gasteiger partial charge in [0.25, 0.3) is 0 Å². The van der Waals surface area contributed by atoms with Gasteiger partial charge < -0.3 is 10.2 Å². The third kappa shape index (κ3) is 9.45. The molecule has 0 spiro atoms. The van der Waals surface area contributed by atoms with Gasteiger partial charge in [0.1, 0.15) is 0 Å². The zero-order chi connectivity index (χ0) is 17.2. The van der Waals surface area contributed by atoms with E-state index in [0.29, 0.717) is 0 Å². The summed E-state index contributed by atoms with van der Waals surface area (Å²) in [6.07, 6.45) is 10.1. The lowest BCUT2D eigenvalue weighted by Crippen LogP contribution is -2.23. The van der Waals surface area contributed by atoms with Gasteiger partial charge in [-0.1, -0.05) is 65.7 Å². The first-order chi connectivity index (χ1) is 10.1. The Morgan fingerprint density at radius 1 is 0.955 bits per heavy atom. The molecule has 0 aromatic rings. The molecule has 0 aromatic heterocycles. The average Bonchev–Trinajstić information content (AvgIpc) is 2.45. The third-order valence-corrected chi connectivity index (χ3v) is 4.96. The number of carboxylic acids is 1. The summed E-state index contributed by atoms with van der Waals surface area (Å²) < 4.78 is 0. The van der Waals surface area contributed by atoms with E-state index in [1.165, 1.54) is 32.1 Å². The lowest BCUT2D eigenvalue weighted by Gasteiger charge is -2.22. The van der Waals surface area contributed by atoms with Crippen LogP contribution in [-0.4, -0.2) is 22.8 Å². The van der Waals surface area contributed by atoms with Crippen LogP contribution in [0.5, 0.6) is 0 Å². The summed E-state index contributed by atoms with van der Waals surface area (Å²) in [5, 5.41) is 18.4. The van der Waals surface area contributed by atoms with Crippen LogP contribution < -0.4 is 0 Å². The summed E-state index contributed by atoms with van der Waals surface area (Å²) in [6.45, 7) is 10.4. The quantitative estimate of drug-likeness (QED) is 0.456. The molecule has 2 N–H and O–H groups in total. The van der Waals surface area contributed by atoms with Gasteiger partial charge in [-0.05, 0) is 38.0 Å². The molecule has 0 fully saturated rings. The van der Waals surface area contributed by atoms with Crippen molar-refractivity contribution in [1.29, 1.82) is 0 Å². The molecule has 132 valence electrons.